The van der Waals surface area contributed by atoms with Crippen LogP contribution in [0, 0.1) is 11.8 Å². The number of amides is 1. The fourth-order valence-corrected chi connectivity index (χ4v) is 3.16. The highest BCUT2D eigenvalue weighted by Gasteiger charge is 2.25. The van der Waals surface area contributed by atoms with Crippen molar-refractivity contribution in [1.82, 2.24) is 10.2 Å². The van der Waals surface area contributed by atoms with Crippen LogP contribution in [0.25, 0.3) is 0 Å². The Kier molecular flexibility index (Phi) is 6.96. The van der Waals surface area contributed by atoms with Gasteiger partial charge in [0.15, 0.2) is 0 Å². The molecular formula is C18H26F2N2O. The molecule has 0 radical (unpaired) electrons. The van der Waals surface area contributed by atoms with Crippen LogP contribution in [0.5, 0.6) is 0 Å². The molecule has 1 fully saturated rings. The minimum Gasteiger partial charge on any atom is -0.333 e. The van der Waals surface area contributed by atoms with E-state index in [4.69, 9.17) is 0 Å². The smallest absolute Gasteiger partial charge is 0.255 e. The normalized spacial score (nSPS) is 19.6. The average molecular weight is 324 g/mol. The van der Waals surface area contributed by atoms with Gasteiger partial charge < -0.3 is 10.2 Å². The molecule has 1 aliphatic heterocycles. The number of benzene rings is 1. The van der Waals surface area contributed by atoms with E-state index in [0.717, 1.165) is 31.5 Å². The van der Waals surface area contributed by atoms with Crippen molar-refractivity contribution in [2.24, 2.45) is 11.8 Å². The summed E-state index contributed by atoms with van der Waals surface area (Å²) in [4.78, 5) is 13.8. The van der Waals surface area contributed by atoms with Crippen molar-refractivity contribution in [2.75, 3.05) is 19.6 Å². The van der Waals surface area contributed by atoms with Crippen LogP contribution in [0.3, 0.4) is 0 Å². The molecule has 5 heteroatoms. The van der Waals surface area contributed by atoms with Gasteiger partial charge in [0.1, 0.15) is 0 Å². The third-order valence-electron chi connectivity index (χ3n) is 4.56. The summed E-state index contributed by atoms with van der Waals surface area (Å²) >= 11 is 0. The van der Waals surface area contributed by atoms with Crippen LogP contribution < -0.4 is 5.32 Å². The van der Waals surface area contributed by atoms with E-state index >= 15 is 0 Å². The van der Waals surface area contributed by atoms with E-state index in [1.807, 2.05) is 30.3 Å². The summed E-state index contributed by atoms with van der Waals surface area (Å²) in [5.74, 6) is 0.497. The molecule has 1 saturated heterocycles. The van der Waals surface area contributed by atoms with Crippen LogP contribution in [0.2, 0.25) is 0 Å². The molecule has 2 atom stereocenters. The molecule has 1 aliphatic rings. The molecule has 0 saturated carbocycles. The highest BCUT2D eigenvalue weighted by molar-refractivity contribution is 5.76. The number of alkyl halides is 2. The monoisotopic (exact) mass is 324 g/mol. The van der Waals surface area contributed by atoms with Crippen LogP contribution in [0.15, 0.2) is 30.3 Å². The Bertz CT molecular complexity index is 475. The second-order valence-electron chi connectivity index (χ2n) is 6.44. The second-order valence-corrected chi connectivity index (χ2v) is 6.44. The van der Waals surface area contributed by atoms with Gasteiger partial charge >= 0.3 is 0 Å². The van der Waals surface area contributed by atoms with Crippen molar-refractivity contribution in [2.45, 2.75) is 39.2 Å². The third kappa shape index (κ3) is 5.90. The maximum Gasteiger partial charge on any atom is 0.255 e. The van der Waals surface area contributed by atoms with Gasteiger partial charge in [0, 0.05) is 13.0 Å². The Hall–Kier alpha value is -1.49. The van der Waals surface area contributed by atoms with Gasteiger partial charge in [0.2, 0.25) is 5.91 Å². The van der Waals surface area contributed by atoms with Gasteiger partial charge in [-0.15, -0.1) is 0 Å². The first-order valence-electron chi connectivity index (χ1n) is 8.37. The van der Waals surface area contributed by atoms with Crippen LogP contribution in [-0.4, -0.2) is 36.9 Å². The van der Waals surface area contributed by atoms with Crippen molar-refractivity contribution in [3.05, 3.63) is 35.9 Å². The quantitative estimate of drug-likeness (QED) is 0.834. The summed E-state index contributed by atoms with van der Waals surface area (Å²) in [6, 6.07) is 9.31. The van der Waals surface area contributed by atoms with E-state index < -0.39 is 13.0 Å². The molecular weight excluding hydrogens is 298 g/mol. The molecule has 0 aromatic heterocycles. The lowest BCUT2D eigenvalue weighted by atomic mass is 9.85. The number of nitrogens with one attached hydrogen (secondary N) is 1. The Labute approximate surface area is 137 Å². The molecule has 2 rings (SSSR count). The van der Waals surface area contributed by atoms with Crippen molar-refractivity contribution in [3.63, 3.8) is 0 Å². The molecule has 1 aromatic rings. The largest absolute Gasteiger partial charge is 0.333 e. The van der Waals surface area contributed by atoms with E-state index in [-0.39, 0.29) is 18.4 Å². The number of piperidine rings is 1. The predicted molar refractivity (Wildman–Crippen MR) is 87.2 cm³/mol. The lowest BCUT2D eigenvalue weighted by Gasteiger charge is -2.30. The minimum absolute atomic E-state index is 0.174. The van der Waals surface area contributed by atoms with Crippen molar-refractivity contribution in [3.8, 4) is 0 Å². The fraction of sp³-hybridized carbons (Fsp3) is 0.611. The molecule has 2 unspecified atom stereocenters. The molecule has 0 aliphatic carbocycles. The minimum atomic E-state index is -2.51. The maximum atomic E-state index is 12.8. The summed E-state index contributed by atoms with van der Waals surface area (Å²) in [7, 11) is 0. The summed E-state index contributed by atoms with van der Waals surface area (Å²) in [6.07, 6.45) is 0.0591. The molecule has 1 N–H and O–H groups in total. The first-order valence-corrected chi connectivity index (χ1v) is 8.37. The molecule has 1 amide bonds. The SMILES string of the molecule is CC(CC(=O)N(Cc1ccccc1)CC(F)F)C1CCCNC1. The molecule has 1 heterocycles. The maximum absolute atomic E-state index is 12.8. The van der Waals surface area contributed by atoms with Crippen molar-refractivity contribution >= 4 is 5.91 Å². The number of carbonyl (C=O) groups is 1. The first-order chi connectivity index (χ1) is 11.1. The van der Waals surface area contributed by atoms with Crippen molar-refractivity contribution < 1.29 is 13.6 Å². The zero-order chi connectivity index (χ0) is 16.7. The number of hydrogen-bond acceptors (Lipinski definition) is 2. The molecule has 23 heavy (non-hydrogen) atoms. The molecule has 3 nitrogen and oxygen atoms in total. The lowest BCUT2D eigenvalue weighted by Crippen LogP contribution is -2.38. The summed E-state index contributed by atoms with van der Waals surface area (Å²) in [5, 5.41) is 3.35. The predicted octanol–water partition coefficient (Wildman–Crippen LogP) is 3.31. The zero-order valence-corrected chi connectivity index (χ0v) is 13.7. The Morgan fingerprint density at radius 2 is 2.09 bits per heavy atom. The summed E-state index contributed by atoms with van der Waals surface area (Å²) in [6.45, 7) is 3.76. The van der Waals surface area contributed by atoms with Gasteiger partial charge in [-0.05, 0) is 43.3 Å². The van der Waals surface area contributed by atoms with Crippen LogP contribution in [0.4, 0.5) is 8.78 Å². The fourth-order valence-electron chi connectivity index (χ4n) is 3.16. The van der Waals surface area contributed by atoms with Gasteiger partial charge in [-0.2, -0.15) is 0 Å². The summed E-state index contributed by atoms with van der Waals surface area (Å²) < 4.78 is 25.7. The van der Waals surface area contributed by atoms with E-state index in [1.165, 1.54) is 4.90 Å². The number of halogens is 2. The molecule has 0 spiro atoms. The number of rotatable bonds is 7. The first kappa shape index (κ1) is 17.9. The Morgan fingerprint density at radius 1 is 1.35 bits per heavy atom. The summed E-state index contributed by atoms with van der Waals surface area (Å²) in [5.41, 5.74) is 0.883. The van der Waals surface area contributed by atoms with Gasteiger partial charge in [-0.1, -0.05) is 37.3 Å². The number of hydrogen-bond donors (Lipinski definition) is 1. The topological polar surface area (TPSA) is 32.3 Å². The third-order valence-corrected chi connectivity index (χ3v) is 4.56. The highest BCUT2D eigenvalue weighted by atomic mass is 19.3. The van der Waals surface area contributed by atoms with Gasteiger partial charge in [-0.3, -0.25) is 4.79 Å². The van der Waals surface area contributed by atoms with E-state index in [0.29, 0.717) is 12.3 Å². The highest BCUT2D eigenvalue weighted by Crippen LogP contribution is 2.23. The van der Waals surface area contributed by atoms with E-state index in [1.54, 1.807) is 0 Å². The van der Waals surface area contributed by atoms with Crippen LogP contribution in [0.1, 0.15) is 31.7 Å². The number of nitrogens with zero attached hydrogens (tertiary/aromatic N) is 1. The van der Waals surface area contributed by atoms with Crippen LogP contribution >= 0.6 is 0 Å². The van der Waals surface area contributed by atoms with Gasteiger partial charge in [0.05, 0.1) is 6.54 Å². The van der Waals surface area contributed by atoms with Gasteiger partial charge in [0.25, 0.3) is 6.43 Å². The second kappa shape index (κ2) is 8.96. The lowest BCUT2D eigenvalue weighted by molar-refractivity contribution is -0.135. The standard InChI is InChI=1S/C18H26F2N2O/c1-14(16-8-5-9-21-11-16)10-18(23)22(13-17(19)20)12-15-6-3-2-4-7-15/h2-4,6-7,14,16-17,21H,5,8-13H2,1H3. The Balaban J connectivity index is 1.95. The molecule has 1 aromatic carbocycles. The molecule has 0 bridgehead atoms. The average Bonchev–Trinajstić information content (AvgIpc) is 2.55. The zero-order valence-electron chi connectivity index (χ0n) is 13.7. The molecule has 128 valence electrons. The van der Waals surface area contributed by atoms with E-state index in [9.17, 15) is 13.6 Å². The number of carbonyl (C=O) groups excluding carboxylic acids is 1. The van der Waals surface area contributed by atoms with Gasteiger partial charge in [-0.25, -0.2) is 8.78 Å². The van der Waals surface area contributed by atoms with Crippen LogP contribution in [-0.2, 0) is 11.3 Å². The Morgan fingerprint density at radius 3 is 2.70 bits per heavy atom. The van der Waals surface area contributed by atoms with E-state index in [2.05, 4.69) is 12.2 Å². The van der Waals surface area contributed by atoms with Crippen molar-refractivity contribution in [1.29, 1.82) is 0 Å².